The Kier molecular flexibility index (Phi) is 11.1. The Morgan fingerprint density at radius 1 is 0.943 bits per heavy atom. The minimum Gasteiger partial charge on any atom is -0.496 e. The SMILES string of the molecule is COc1ccc(C(C)(C)C#Cc2ccccc2)cc1CNN1CCCCC1c1ccccc1.Cl.Cl. The number of rotatable bonds is 6. The molecule has 1 N–H and O–H groups in total. The van der Waals surface area contributed by atoms with Gasteiger partial charge in [0.1, 0.15) is 5.75 Å². The van der Waals surface area contributed by atoms with Gasteiger partial charge in [0.2, 0.25) is 0 Å². The van der Waals surface area contributed by atoms with Crippen molar-refractivity contribution in [1.82, 2.24) is 10.4 Å². The molecule has 3 aromatic carbocycles. The smallest absolute Gasteiger partial charge is 0.123 e. The number of ether oxygens (including phenoxy) is 1. The Balaban J connectivity index is 0.00000216. The Morgan fingerprint density at radius 2 is 1.63 bits per heavy atom. The predicted octanol–water partition coefficient (Wildman–Crippen LogP) is 7.10. The van der Waals surface area contributed by atoms with Crippen LogP contribution in [0.4, 0.5) is 0 Å². The Labute approximate surface area is 223 Å². The summed E-state index contributed by atoms with van der Waals surface area (Å²) in [6.07, 6.45) is 3.66. The molecule has 1 aliphatic heterocycles. The van der Waals surface area contributed by atoms with Crippen molar-refractivity contribution in [3.05, 3.63) is 101 Å². The fraction of sp³-hybridized carbons (Fsp3) is 0.333. The summed E-state index contributed by atoms with van der Waals surface area (Å²) in [5, 5.41) is 2.41. The van der Waals surface area contributed by atoms with Gasteiger partial charge >= 0.3 is 0 Å². The number of methoxy groups -OCH3 is 1. The highest BCUT2D eigenvalue weighted by atomic mass is 35.5. The molecule has 0 aliphatic carbocycles. The van der Waals surface area contributed by atoms with Crippen LogP contribution >= 0.6 is 24.8 Å². The van der Waals surface area contributed by atoms with E-state index in [1.807, 2.05) is 30.3 Å². The van der Waals surface area contributed by atoms with E-state index >= 15 is 0 Å². The van der Waals surface area contributed by atoms with Gasteiger partial charge in [-0.1, -0.05) is 72.9 Å². The van der Waals surface area contributed by atoms with Crippen LogP contribution in [0.25, 0.3) is 0 Å². The molecule has 5 heteroatoms. The molecule has 186 valence electrons. The maximum absolute atomic E-state index is 5.70. The standard InChI is InChI=1S/C30H34N2O.2ClH/c1-30(2,20-19-24-12-6-4-7-13-24)27-17-18-29(33-3)26(22-27)23-31-32-21-11-10-16-28(32)25-14-8-5-9-15-25;;/h4-9,12-15,17-18,22,28,31H,10-11,16,21,23H2,1-3H3;2*1H. The lowest BCUT2D eigenvalue weighted by atomic mass is 9.84. The van der Waals surface area contributed by atoms with E-state index in [1.165, 1.54) is 30.4 Å². The summed E-state index contributed by atoms with van der Waals surface area (Å²) in [7, 11) is 1.74. The van der Waals surface area contributed by atoms with Gasteiger partial charge in [-0.2, -0.15) is 0 Å². The quantitative estimate of drug-likeness (QED) is 0.357. The van der Waals surface area contributed by atoms with Crippen LogP contribution in [0.15, 0.2) is 78.9 Å². The second kappa shape index (κ2) is 13.6. The second-order valence-electron chi connectivity index (χ2n) is 9.22. The highest BCUT2D eigenvalue weighted by molar-refractivity contribution is 5.85. The Bertz CT molecular complexity index is 1110. The summed E-state index contributed by atoms with van der Waals surface area (Å²) in [4.78, 5) is 0. The van der Waals surface area contributed by atoms with Crippen molar-refractivity contribution in [1.29, 1.82) is 0 Å². The zero-order valence-electron chi connectivity index (χ0n) is 20.8. The lowest BCUT2D eigenvalue weighted by Crippen LogP contribution is -2.43. The maximum Gasteiger partial charge on any atom is 0.123 e. The highest BCUT2D eigenvalue weighted by Gasteiger charge is 2.24. The van der Waals surface area contributed by atoms with Crippen LogP contribution in [-0.2, 0) is 12.0 Å². The van der Waals surface area contributed by atoms with E-state index in [2.05, 4.69) is 84.7 Å². The monoisotopic (exact) mass is 510 g/mol. The lowest BCUT2D eigenvalue weighted by molar-refractivity contribution is 0.0821. The van der Waals surface area contributed by atoms with Gasteiger partial charge < -0.3 is 4.74 Å². The molecule has 1 atom stereocenters. The van der Waals surface area contributed by atoms with Crippen molar-refractivity contribution >= 4 is 24.8 Å². The third-order valence-electron chi connectivity index (χ3n) is 6.45. The first-order valence-corrected chi connectivity index (χ1v) is 11.9. The molecule has 0 radical (unpaired) electrons. The number of nitrogens with one attached hydrogen (secondary N) is 1. The third kappa shape index (κ3) is 7.50. The van der Waals surface area contributed by atoms with Crippen LogP contribution in [0.2, 0.25) is 0 Å². The molecule has 1 heterocycles. The zero-order valence-corrected chi connectivity index (χ0v) is 22.4. The van der Waals surface area contributed by atoms with Gasteiger partial charge in [-0.15, -0.1) is 24.8 Å². The summed E-state index contributed by atoms with van der Waals surface area (Å²) < 4.78 is 5.70. The van der Waals surface area contributed by atoms with Crippen LogP contribution in [0, 0.1) is 11.8 Å². The molecule has 1 fully saturated rings. The molecule has 35 heavy (non-hydrogen) atoms. The van der Waals surface area contributed by atoms with Crippen LogP contribution in [0.5, 0.6) is 5.75 Å². The average Bonchev–Trinajstić information content (AvgIpc) is 2.87. The summed E-state index contributed by atoms with van der Waals surface area (Å²) in [6, 6.07) is 27.8. The van der Waals surface area contributed by atoms with Crippen LogP contribution in [0.3, 0.4) is 0 Å². The molecule has 0 saturated carbocycles. The summed E-state index contributed by atoms with van der Waals surface area (Å²) in [5.74, 6) is 7.71. The van der Waals surface area contributed by atoms with Crippen LogP contribution in [0.1, 0.15) is 61.4 Å². The van der Waals surface area contributed by atoms with E-state index in [9.17, 15) is 0 Å². The fourth-order valence-electron chi connectivity index (χ4n) is 4.46. The van der Waals surface area contributed by atoms with Gasteiger partial charge in [0, 0.05) is 30.3 Å². The minimum absolute atomic E-state index is 0. The Hall–Kier alpha value is -2.48. The normalized spacial score (nSPS) is 15.7. The number of hydrazine groups is 1. The molecule has 1 saturated heterocycles. The molecule has 3 nitrogen and oxygen atoms in total. The number of nitrogens with zero attached hydrogens (tertiary/aromatic N) is 1. The number of halogens is 2. The maximum atomic E-state index is 5.70. The predicted molar refractivity (Wildman–Crippen MR) is 150 cm³/mol. The first-order valence-electron chi connectivity index (χ1n) is 11.9. The summed E-state index contributed by atoms with van der Waals surface area (Å²) in [5.41, 5.74) is 8.21. The number of hydrogen-bond donors (Lipinski definition) is 1. The highest BCUT2D eigenvalue weighted by Crippen LogP contribution is 2.31. The van der Waals surface area contributed by atoms with Gasteiger partial charge in [-0.25, -0.2) is 5.01 Å². The topological polar surface area (TPSA) is 24.5 Å². The molecule has 3 aromatic rings. The van der Waals surface area contributed by atoms with E-state index in [0.29, 0.717) is 6.04 Å². The Morgan fingerprint density at radius 3 is 2.31 bits per heavy atom. The van der Waals surface area contributed by atoms with Crippen molar-refractivity contribution in [2.24, 2.45) is 0 Å². The van der Waals surface area contributed by atoms with Crippen molar-refractivity contribution in [2.45, 2.75) is 51.1 Å². The average molecular weight is 512 g/mol. The van der Waals surface area contributed by atoms with Crippen molar-refractivity contribution in [2.75, 3.05) is 13.7 Å². The first-order chi connectivity index (χ1) is 16.1. The third-order valence-corrected chi connectivity index (χ3v) is 6.45. The van der Waals surface area contributed by atoms with Crippen molar-refractivity contribution in [3.8, 4) is 17.6 Å². The molecule has 0 bridgehead atoms. The summed E-state index contributed by atoms with van der Waals surface area (Å²) in [6.45, 7) is 6.13. The lowest BCUT2D eigenvalue weighted by Gasteiger charge is -2.36. The molecule has 0 spiro atoms. The van der Waals surface area contributed by atoms with E-state index in [4.69, 9.17) is 4.74 Å². The largest absolute Gasteiger partial charge is 0.496 e. The molecule has 0 amide bonds. The number of piperidine rings is 1. The molecule has 0 aromatic heterocycles. The van der Waals surface area contributed by atoms with E-state index in [0.717, 1.165) is 30.0 Å². The summed E-state index contributed by atoms with van der Waals surface area (Å²) >= 11 is 0. The van der Waals surface area contributed by atoms with Crippen molar-refractivity contribution < 1.29 is 4.74 Å². The fourth-order valence-corrected chi connectivity index (χ4v) is 4.46. The van der Waals surface area contributed by atoms with E-state index < -0.39 is 0 Å². The number of hydrogen-bond acceptors (Lipinski definition) is 3. The zero-order chi connectivity index (χ0) is 23.1. The van der Waals surface area contributed by atoms with Crippen molar-refractivity contribution in [3.63, 3.8) is 0 Å². The van der Waals surface area contributed by atoms with Gasteiger partial charge in [0.05, 0.1) is 12.5 Å². The van der Waals surface area contributed by atoms with E-state index in [1.54, 1.807) is 7.11 Å². The first kappa shape index (κ1) is 28.8. The van der Waals surface area contributed by atoms with E-state index in [-0.39, 0.29) is 30.2 Å². The van der Waals surface area contributed by atoms with Gasteiger partial charge in [-0.3, -0.25) is 5.43 Å². The number of benzene rings is 3. The van der Waals surface area contributed by atoms with Gasteiger partial charge in [0.15, 0.2) is 0 Å². The second-order valence-corrected chi connectivity index (χ2v) is 9.22. The van der Waals surface area contributed by atoms with Crippen LogP contribution in [-0.4, -0.2) is 18.7 Å². The minimum atomic E-state index is -0.269. The van der Waals surface area contributed by atoms with Crippen LogP contribution < -0.4 is 10.2 Å². The molecule has 1 aliphatic rings. The molecule has 4 rings (SSSR count). The van der Waals surface area contributed by atoms with Gasteiger partial charge in [0.25, 0.3) is 0 Å². The molecule has 1 unspecified atom stereocenters. The molecular weight excluding hydrogens is 475 g/mol. The molecular formula is C30H36Cl2N2O. The van der Waals surface area contributed by atoms with Gasteiger partial charge in [-0.05, 0) is 62.1 Å².